The van der Waals surface area contributed by atoms with Gasteiger partial charge in [-0.05, 0) is 12.1 Å². The average molecular weight is 258 g/mol. The highest BCUT2D eigenvalue weighted by Crippen LogP contribution is 2.27. The molecule has 18 heavy (non-hydrogen) atoms. The monoisotopic (exact) mass is 258 g/mol. The molecule has 0 aromatic carbocycles. The van der Waals surface area contributed by atoms with E-state index in [0.717, 1.165) is 16.5 Å². The summed E-state index contributed by atoms with van der Waals surface area (Å²) in [6.45, 7) is 6.40. The van der Waals surface area contributed by atoms with Crippen molar-refractivity contribution in [1.82, 2.24) is 9.97 Å². The number of thiazole rings is 1. The van der Waals surface area contributed by atoms with Crippen LogP contribution in [0.3, 0.4) is 0 Å². The van der Waals surface area contributed by atoms with E-state index in [2.05, 4.69) is 41.4 Å². The molecule has 2 aromatic heterocycles. The third-order valence-electron chi connectivity index (χ3n) is 2.40. The van der Waals surface area contributed by atoms with Crippen LogP contribution in [0, 0.1) is 11.3 Å². The van der Waals surface area contributed by atoms with Crippen LogP contribution in [0.4, 0.5) is 10.8 Å². The zero-order chi connectivity index (χ0) is 13.2. The van der Waals surface area contributed by atoms with E-state index in [9.17, 15) is 0 Å². The summed E-state index contributed by atoms with van der Waals surface area (Å²) in [4.78, 5) is 8.54. The molecule has 0 atom stereocenters. The van der Waals surface area contributed by atoms with Crippen LogP contribution >= 0.6 is 11.3 Å². The van der Waals surface area contributed by atoms with Crippen LogP contribution in [0.2, 0.25) is 0 Å². The number of anilines is 2. The Labute approximate surface area is 110 Å². The maximum absolute atomic E-state index is 8.67. The zero-order valence-corrected chi connectivity index (χ0v) is 11.4. The van der Waals surface area contributed by atoms with Gasteiger partial charge in [0.05, 0.1) is 17.6 Å². The first-order valence-corrected chi connectivity index (χ1v) is 6.46. The van der Waals surface area contributed by atoms with Crippen molar-refractivity contribution in [3.8, 4) is 6.07 Å². The summed E-state index contributed by atoms with van der Waals surface area (Å²) in [7, 11) is 0. The van der Waals surface area contributed by atoms with E-state index < -0.39 is 0 Å². The molecule has 0 fully saturated rings. The highest BCUT2D eigenvalue weighted by Gasteiger charge is 2.17. The van der Waals surface area contributed by atoms with Crippen LogP contribution in [0.5, 0.6) is 0 Å². The van der Waals surface area contributed by atoms with E-state index in [1.54, 1.807) is 23.6 Å². The smallest absolute Gasteiger partial charge is 0.187 e. The third-order valence-corrected chi connectivity index (χ3v) is 3.16. The average Bonchev–Trinajstić information content (AvgIpc) is 2.78. The van der Waals surface area contributed by atoms with Gasteiger partial charge in [-0.1, -0.05) is 20.8 Å². The van der Waals surface area contributed by atoms with Crippen molar-refractivity contribution in [1.29, 1.82) is 5.26 Å². The predicted octanol–water partition coefficient (Wildman–Crippen LogP) is 3.45. The fraction of sp³-hybridized carbons (Fsp3) is 0.308. The van der Waals surface area contributed by atoms with Crippen LogP contribution in [0.1, 0.15) is 32.2 Å². The van der Waals surface area contributed by atoms with Crippen LogP contribution in [-0.4, -0.2) is 9.97 Å². The van der Waals surface area contributed by atoms with Crippen molar-refractivity contribution in [2.24, 2.45) is 0 Å². The zero-order valence-electron chi connectivity index (χ0n) is 10.6. The molecule has 0 saturated heterocycles. The molecule has 4 nitrogen and oxygen atoms in total. The molecule has 2 rings (SSSR count). The van der Waals surface area contributed by atoms with Gasteiger partial charge in [0, 0.05) is 10.8 Å². The highest BCUT2D eigenvalue weighted by molar-refractivity contribution is 7.13. The van der Waals surface area contributed by atoms with Crippen molar-refractivity contribution in [2.45, 2.75) is 26.2 Å². The summed E-state index contributed by atoms with van der Waals surface area (Å²) in [6, 6.07) is 5.49. The lowest BCUT2D eigenvalue weighted by Crippen LogP contribution is -2.11. The molecular weight excluding hydrogens is 244 g/mol. The molecule has 1 N–H and O–H groups in total. The molecule has 0 bridgehead atoms. The minimum Gasteiger partial charge on any atom is -0.330 e. The van der Waals surface area contributed by atoms with Crippen molar-refractivity contribution in [2.75, 3.05) is 5.32 Å². The molecule has 92 valence electrons. The molecule has 2 aromatic rings. The van der Waals surface area contributed by atoms with Gasteiger partial charge < -0.3 is 5.32 Å². The summed E-state index contributed by atoms with van der Waals surface area (Å²) in [5.41, 5.74) is 2.37. The van der Waals surface area contributed by atoms with Gasteiger partial charge in [0.25, 0.3) is 0 Å². The highest BCUT2D eigenvalue weighted by atomic mass is 32.1. The number of nitriles is 1. The number of aromatic nitrogens is 2. The second-order valence-electron chi connectivity index (χ2n) is 4.96. The normalized spacial score (nSPS) is 11.0. The van der Waals surface area contributed by atoms with Crippen molar-refractivity contribution in [3.05, 3.63) is 35.1 Å². The van der Waals surface area contributed by atoms with E-state index in [1.165, 1.54) is 0 Å². The van der Waals surface area contributed by atoms with Gasteiger partial charge in [-0.3, -0.25) is 0 Å². The van der Waals surface area contributed by atoms with Gasteiger partial charge in [0.15, 0.2) is 5.13 Å². The van der Waals surface area contributed by atoms with Gasteiger partial charge in [0.1, 0.15) is 11.8 Å². The number of pyridine rings is 1. The maximum Gasteiger partial charge on any atom is 0.187 e. The van der Waals surface area contributed by atoms with E-state index >= 15 is 0 Å². The number of hydrogen-bond acceptors (Lipinski definition) is 5. The van der Waals surface area contributed by atoms with Gasteiger partial charge in [-0.25, -0.2) is 9.97 Å². The Morgan fingerprint density at radius 1 is 1.33 bits per heavy atom. The first kappa shape index (κ1) is 12.5. The molecule has 5 heteroatoms. The van der Waals surface area contributed by atoms with Crippen LogP contribution in [-0.2, 0) is 5.41 Å². The quantitative estimate of drug-likeness (QED) is 0.896. The second-order valence-corrected chi connectivity index (χ2v) is 5.81. The molecule has 0 unspecified atom stereocenters. The van der Waals surface area contributed by atoms with E-state index in [-0.39, 0.29) is 5.41 Å². The Kier molecular flexibility index (Phi) is 3.30. The molecular formula is C13H14N4S. The SMILES string of the molecule is CC(C)(C)c1csc(Nc2ccc(C#N)nc2)n1. The third kappa shape index (κ3) is 2.84. The van der Waals surface area contributed by atoms with Crippen molar-refractivity contribution >= 4 is 22.2 Å². The number of nitrogens with zero attached hydrogens (tertiary/aromatic N) is 3. The Morgan fingerprint density at radius 2 is 2.11 bits per heavy atom. The minimum absolute atomic E-state index is 0.0549. The number of hydrogen-bond donors (Lipinski definition) is 1. The summed E-state index contributed by atoms with van der Waals surface area (Å²) in [6.07, 6.45) is 1.64. The molecule has 2 heterocycles. The Morgan fingerprint density at radius 3 is 2.61 bits per heavy atom. The second kappa shape index (κ2) is 4.75. The van der Waals surface area contributed by atoms with Gasteiger partial charge in [-0.2, -0.15) is 5.26 Å². The number of nitrogens with one attached hydrogen (secondary N) is 1. The van der Waals surface area contributed by atoms with Crippen LogP contribution < -0.4 is 5.32 Å². The first-order chi connectivity index (χ1) is 8.49. The standard InChI is InChI=1S/C13H14N4S/c1-13(2,3)11-8-18-12(17-11)16-10-5-4-9(6-14)15-7-10/h4-5,7-8H,1-3H3,(H,16,17). The lowest BCUT2D eigenvalue weighted by atomic mass is 9.93. The molecule has 0 radical (unpaired) electrons. The van der Waals surface area contributed by atoms with E-state index in [0.29, 0.717) is 5.69 Å². The van der Waals surface area contributed by atoms with Crippen LogP contribution in [0.15, 0.2) is 23.7 Å². The minimum atomic E-state index is 0.0549. The van der Waals surface area contributed by atoms with E-state index in [4.69, 9.17) is 5.26 Å². The number of rotatable bonds is 2. The fourth-order valence-corrected chi connectivity index (χ4v) is 2.29. The maximum atomic E-state index is 8.67. The molecule has 0 aliphatic carbocycles. The molecule has 0 saturated carbocycles. The summed E-state index contributed by atoms with van der Waals surface area (Å²) in [5.74, 6) is 0. The van der Waals surface area contributed by atoms with Crippen molar-refractivity contribution in [3.63, 3.8) is 0 Å². The lowest BCUT2D eigenvalue weighted by molar-refractivity contribution is 0.573. The molecule has 0 aliphatic rings. The molecule has 0 spiro atoms. The van der Waals surface area contributed by atoms with Crippen molar-refractivity contribution < 1.29 is 0 Å². The summed E-state index contributed by atoms with van der Waals surface area (Å²) < 4.78 is 0. The van der Waals surface area contributed by atoms with E-state index in [1.807, 2.05) is 12.1 Å². The molecule has 0 amide bonds. The first-order valence-electron chi connectivity index (χ1n) is 5.58. The Balaban J connectivity index is 2.14. The fourth-order valence-electron chi connectivity index (χ4n) is 1.33. The molecule has 0 aliphatic heterocycles. The topological polar surface area (TPSA) is 61.6 Å². The Hall–Kier alpha value is -1.93. The van der Waals surface area contributed by atoms with Crippen LogP contribution in [0.25, 0.3) is 0 Å². The van der Waals surface area contributed by atoms with Gasteiger partial charge in [0.2, 0.25) is 0 Å². The lowest BCUT2D eigenvalue weighted by Gasteiger charge is -2.14. The summed E-state index contributed by atoms with van der Waals surface area (Å²) >= 11 is 1.57. The summed E-state index contributed by atoms with van der Waals surface area (Å²) in [5, 5.41) is 14.7. The van der Waals surface area contributed by atoms with Gasteiger partial charge in [-0.15, -0.1) is 11.3 Å². The predicted molar refractivity (Wildman–Crippen MR) is 73.0 cm³/mol. The largest absolute Gasteiger partial charge is 0.330 e. The Bertz CT molecular complexity index is 572. The van der Waals surface area contributed by atoms with Gasteiger partial charge >= 0.3 is 0 Å².